The first-order valence-electron chi connectivity index (χ1n) is 6.94. The summed E-state index contributed by atoms with van der Waals surface area (Å²) >= 11 is 0. The Bertz CT molecular complexity index is 664. The third-order valence-corrected chi connectivity index (χ3v) is 3.85. The molecule has 0 aliphatic heterocycles. The minimum absolute atomic E-state index is 0.169. The maximum Gasteiger partial charge on any atom is 0.416 e. The van der Waals surface area contributed by atoms with Crippen LogP contribution in [-0.2, 0) is 6.18 Å². The van der Waals surface area contributed by atoms with Gasteiger partial charge in [-0.3, -0.25) is 0 Å². The SMILES string of the molecule is Cc1nnc(N[C@H](C)c2ccc(C(F)(F)F)cc2)c(C)c1C. The Morgan fingerprint density at radius 3 is 2.09 bits per heavy atom. The predicted molar refractivity (Wildman–Crippen MR) is 79.7 cm³/mol. The van der Waals surface area contributed by atoms with Gasteiger partial charge in [-0.15, -0.1) is 5.10 Å². The van der Waals surface area contributed by atoms with E-state index < -0.39 is 11.7 Å². The Morgan fingerprint density at radius 2 is 1.55 bits per heavy atom. The molecule has 1 N–H and O–H groups in total. The predicted octanol–water partition coefficient (Wildman–Crippen LogP) is 4.59. The van der Waals surface area contributed by atoms with Crippen LogP contribution >= 0.6 is 0 Å². The Kier molecular flexibility index (Phi) is 4.39. The van der Waals surface area contributed by atoms with Gasteiger partial charge in [0.25, 0.3) is 0 Å². The van der Waals surface area contributed by atoms with Crippen LogP contribution in [0.4, 0.5) is 19.0 Å². The highest BCUT2D eigenvalue weighted by molar-refractivity contribution is 5.49. The van der Waals surface area contributed by atoms with Gasteiger partial charge in [-0.25, -0.2) is 0 Å². The van der Waals surface area contributed by atoms with Gasteiger partial charge in [0.2, 0.25) is 0 Å². The lowest BCUT2D eigenvalue weighted by Crippen LogP contribution is -2.12. The summed E-state index contributed by atoms with van der Waals surface area (Å²) < 4.78 is 37.7. The van der Waals surface area contributed by atoms with Crippen molar-refractivity contribution >= 4 is 5.82 Å². The van der Waals surface area contributed by atoms with Gasteiger partial charge in [-0.05, 0) is 56.5 Å². The van der Waals surface area contributed by atoms with Gasteiger partial charge in [0, 0.05) is 0 Å². The second kappa shape index (κ2) is 5.94. The number of anilines is 1. The van der Waals surface area contributed by atoms with Gasteiger partial charge < -0.3 is 5.32 Å². The highest BCUT2D eigenvalue weighted by Crippen LogP contribution is 2.30. The van der Waals surface area contributed by atoms with Crippen LogP contribution in [0.15, 0.2) is 24.3 Å². The van der Waals surface area contributed by atoms with Crippen molar-refractivity contribution in [3.8, 4) is 0 Å². The molecule has 22 heavy (non-hydrogen) atoms. The second-order valence-corrected chi connectivity index (χ2v) is 5.37. The molecule has 0 bridgehead atoms. The Hall–Kier alpha value is -2.11. The van der Waals surface area contributed by atoms with Crippen molar-refractivity contribution in [1.29, 1.82) is 0 Å². The normalized spacial score (nSPS) is 13.0. The number of nitrogens with one attached hydrogen (secondary N) is 1. The minimum atomic E-state index is -4.31. The van der Waals surface area contributed by atoms with Gasteiger partial charge in [0.15, 0.2) is 5.82 Å². The molecule has 0 fully saturated rings. The Labute approximate surface area is 127 Å². The number of rotatable bonds is 3. The standard InChI is InChI=1S/C16H18F3N3/c1-9-10(2)15(22-21-11(9)3)20-12(4)13-5-7-14(8-6-13)16(17,18)19/h5-8,12H,1-4H3,(H,20,22)/t12-/m1/s1. The first-order valence-corrected chi connectivity index (χ1v) is 6.94. The lowest BCUT2D eigenvalue weighted by Gasteiger charge is -2.18. The van der Waals surface area contributed by atoms with Crippen LogP contribution in [0.25, 0.3) is 0 Å². The van der Waals surface area contributed by atoms with E-state index >= 15 is 0 Å². The summed E-state index contributed by atoms with van der Waals surface area (Å²) in [7, 11) is 0. The molecule has 2 rings (SSSR count). The summed E-state index contributed by atoms with van der Waals surface area (Å²) in [6.07, 6.45) is -4.31. The van der Waals surface area contributed by atoms with Crippen molar-refractivity contribution < 1.29 is 13.2 Å². The fourth-order valence-corrected chi connectivity index (χ4v) is 2.11. The van der Waals surface area contributed by atoms with E-state index in [4.69, 9.17) is 0 Å². The highest BCUT2D eigenvalue weighted by Gasteiger charge is 2.30. The monoisotopic (exact) mass is 309 g/mol. The van der Waals surface area contributed by atoms with Gasteiger partial charge in [-0.2, -0.15) is 18.3 Å². The average Bonchev–Trinajstić information content (AvgIpc) is 2.47. The Balaban J connectivity index is 2.19. The van der Waals surface area contributed by atoms with Crippen LogP contribution in [0.2, 0.25) is 0 Å². The Morgan fingerprint density at radius 1 is 0.955 bits per heavy atom. The summed E-state index contributed by atoms with van der Waals surface area (Å²) in [5.41, 5.74) is 3.02. The molecule has 6 heteroatoms. The molecule has 1 aromatic heterocycles. The summed E-state index contributed by atoms with van der Waals surface area (Å²) in [6, 6.07) is 4.96. The van der Waals surface area contributed by atoms with E-state index in [1.54, 1.807) is 0 Å². The van der Waals surface area contributed by atoms with E-state index in [1.807, 2.05) is 27.7 Å². The van der Waals surface area contributed by atoms with Crippen molar-refractivity contribution in [2.24, 2.45) is 0 Å². The molecule has 3 nitrogen and oxygen atoms in total. The fourth-order valence-electron chi connectivity index (χ4n) is 2.11. The molecule has 0 aliphatic carbocycles. The summed E-state index contributed by atoms with van der Waals surface area (Å²) in [5, 5.41) is 11.4. The molecule has 0 aliphatic rings. The molecule has 1 aromatic carbocycles. The molecular weight excluding hydrogens is 291 g/mol. The quantitative estimate of drug-likeness (QED) is 0.901. The number of halogens is 3. The third kappa shape index (κ3) is 3.37. The number of alkyl halides is 3. The zero-order valence-corrected chi connectivity index (χ0v) is 12.9. The zero-order valence-electron chi connectivity index (χ0n) is 12.9. The van der Waals surface area contributed by atoms with Gasteiger partial charge in [0.05, 0.1) is 17.3 Å². The van der Waals surface area contributed by atoms with E-state index in [2.05, 4.69) is 15.5 Å². The number of aryl methyl sites for hydroxylation is 1. The highest BCUT2D eigenvalue weighted by atomic mass is 19.4. The second-order valence-electron chi connectivity index (χ2n) is 5.37. The van der Waals surface area contributed by atoms with Crippen LogP contribution < -0.4 is 5.32 Å². The van der Waals surface area contributed by atoms with Crippen LogP contribution in [0.3, 0.4) is 0 Å². The van der Waals surface area contributed by atoms with Crippen molar-refractivity contribution in [1.82, 2.24) is 10.2 Å². The van der Waals surface area contributed by atoms with Crippen molar-refractivity contribution in [2.75, 3.05) is 5.32 Å². The fraction of sp³-hybridized carbons (Fsp3) is 0.375. The van der Waals surface area contributed by atoms with E-state index in [0.717, 1.165) is 34.5 Å². The molecular formula is C16H18F3N3. The van der Waals surface area contributed by atoms with E-state index in [-0.39, 0.29) is 6.04 Å². The topological polar surface area (TPSA) is 37.8 Å². The van der Waals surface area contributed by atoms with Crippen molar-refractivity contribution in [3.63, 3.8) is 0 Å². The molecule has 1 atom stereocenters. The van der Waals surface area contributed by atoms with Gasteiger partial charge in [0.1, 0.15) is 0 Å². The van der Waals surface area contributed by atoms with Crippen molar-refractivity contribution in [3.05, 3.63) is 52.2 Å². The average molecular weight is 309 g/mol. The smallest absolute Gasteiger partial charge is 0.362 e. The summed E-state index contributed by atoms with van der Waals surface area (Å²) in [6.45, 7) is 7.67. The van der Waals surface area contributed by atoms with Crippen LogP contribution in [-0.4, -0.2) is 10.2 Å². The van der Waals surface area contributed by atoms with E-state index in [0.29, 0.717) is 5.82 Å². The first kappa shape index (κ1) is 16.3. The number of hydrogen-bond donors (Lipinski definition) is 1. The molecule has 0 saturated heterocycles. The van der Waals surface area contributed by atoms with Crippen LogP contribution in [0.1, 0.15) is 40.9 Å². The molecule has 0 saturated carbocycles. The first-order chi connectivity index (χ1) is 10.2. The maximum absolute atomic E-state index is 12.6. The number of nitrogens with zero attached hydrogens (tertiary/aromatic N) is 2. The number of hydrogen-bond acceptors (Lipinski definition) is 3. The lowest BCUT2D eigenvalue weighted by molar-refractivity contribution is -0.137. The molecule has 0 radical (unpaired) electrons. The third-order valence-electron chi connectivity index (χ3n) is 3.85. The summed E-state index contributed by atoms with van der Waals surface area (Å²) in [5.74, 6) is 0.649. The zero-order chi connectivity index (χ0) is 16.5. The van der Waals surface area contributed by atoms with Crippen LogP contribution in [0.5, 0.6) is 0 Å². The number of benzene rings is 1. The van der Waals surface area contributed by atoms with E-state index in [1.165, 1.54) is 12.1 Å². The van der Waals surface area contributed by atoms with Gasteiger partial charge in [-0.1, -0.05) is 12.1 Å². The van der Waals surface area contributed by atoms with Gasteiger partial charge >= 0.3 is 6.18 Å². The lowest BCUT2D eigenvalue weighted by atomic mass is 10.1. The largest absolute Gasteiger partial charge is 0.416 e. The molecule has 0 spiro atoms. The molecule has 118 valence electrons. The molecule has 1 heterocycles. The molecule has 0 amide bonds. The molecule has 0 unspecified atom stereocenters. The summed E-state index contributed by atoms with van der Waals surface area (Å²) in [4.78, 5) is 0. The van der Waals surface area contributed by atoms with E-state index in [9.17, 15) is 13.2 Å². The van der Waals surface area contributed by atoms with Crippen molar-refractivity contribution in [2.45, 2.75) is 39.9 Å². The van der Waals surface area contributed by atoms with Crippen LogP contribution in [0, 0.1) is 20.8 Å². The number of aromatic nitrogens is 2. The molecule has 2 aromatic rings. The minimum Gasteiger partial charge on any atom is -0.362 e. The maximum atomic E-state index is 12.6.